The molecule has 0 spiro atoms. The fraction of sp³-hybridized carbons (Fsp3) is 0.944. The third-order valence-electron chi connectivity index (χ3n) is 12.6. The molecule has 6 nitrogen and oxygen atoms in total. The zero-order chi connectivity index (χ0) is 44.0. The van der Waals surface area contributed by atoms with Gasteiger partial charge in [0.2, 0.25) is 0 Å². The van der Waals surface area contributed by atoms with E-state index in [4.69, 9.17) is 14.2 Å². The van der Waals surface area contributed by atoms with Crippen molar-refractivity contribution in [3.63, 3.8) is 0 Å². The number of ether oxygens (including phenoxy) is 3. The largest absolute Gasteiger partial charge is 0.462 e. The van der Waals surface area contributed by atoms with E-state index in [0.29, 0.717) is 19.3 Å². The summed E-state index contributed by atoms with van der Waals surface area (Å²) in [5.74, 6) is 0.801. The predicted octanol–water partition coefficient (Wildman–Crippen LogP) is 17.3. The minimum Gasteiger partial charge on any atom is -0.462 e. The van der Waals surface area contributed by atoms with Gasteiger partial charge in [-0.2, -0.15) is 0 Å². The molecule has 0 radical (unpaired) electrons. The molecule has 0 bridgehead atoms. The van der Waals surface area contributed by atoms with E-state index in [1.165, 1.54) is 186 Å². The van der Waals surface area contributed by atoms with Crippen molar-refractivity contribution >= 4 is 17.9 Å². The highest BCUT2D eigenvalue weighted by atomic mass is 16.6. The van der Waals surface area contributed by atoms with Crippen molar-refractivity contribution in [1.29, 1.82) is 0 Å². The second-order valence-electron chi connectivity index (χ2n) is 19.2. The normalized spacial score (nSPS) is 12.5. The molecule has 0 aliphatic heterocycles. The number of rotatable bonds is 48. The number of esters is 3. The highest BCUT2D eigenvalue weighted by Gasteiger charge is 2.19. The van der Waals surface area contributed by atoms with Crippen LogP contribution in [0, 0.1) is 11.8 Å². The van der Waals surface area contributed by atoms with Crippen LogP contribution in [0.5, 0.6) is 0 Å². The summed E-state index contributed by atoms with van der Waals surface area (Å²) in [6, 6.07) is 0. The Bertz CT molecular complexity index is 918. The monoisotopic (exact) mass is 849 g/mol. The van der Waals surface area contributed by atoms with Gasteiger partial charge >= 0.3 is 17.9 Å². The van der Waals surface area contributed by atoms with E-state index in [0.717, 1.165) is 69.6 Å². The van der Waals surface area contributed by atoms with Crippen LogP contribution in [0.15, 0.2) is 0 Å². The topological polar surface area (TPSA) is 78.9 Å². The third-order valence-corrected chi connectivity index (χ3v) is 12.6. The van der Waals surface area contributed by atoms with Gasteiger partial charge in [0, 0.05) is 19.3 Å². The molecule has 60 heavy (non-hydrogen) atoms. The summed E-state index contributed by atoms with van der Waals surface area (Å²) >= 11 is 0. The van der Waals surface area contributed by atoms with Crippen LogP contribution >= 0.6 is 0 Å². The molecule has 0 fully saturated rings. The van der Waals surface area contributed by atoms with Gasteiger partial charge in [0.15, 0.2) is 6.10 Å². The molecule has 2 atom stereocenters. The standard InChI is InChI=1S/C54H104O6/c1-6-8-9-10-11-12-13-14-15-16-17-18-19-20-25-30-36-41-46-54(57)60-51(48-59-53(56)45-40-35-31-26-27-32-37-42-49(3)4)47-58-52(55)44-39-34-29-24-22-21-23-28-33-38-43-50(5)7-2/h49-51H,6-48H2,1-5H3/t50?,51-/m1/s1. The molecule has 0 saturated carbocycles. The zero-order valence-corrected chi connectivity index (χ0v) is 41.1. The van der Waals surface area contributed by atoms with Crippen molar-refractivity contribution in [3.8, 4) is 0 Å². The molecule has 0 aromatic rings. The second-order valence-corrected chi connectivity index (χ2v) is 19.2. The Kier molecular flexibility index (Phi) is 45.7. The lowest BCUT2D eigenvalue weighted by Gasteiger charge is -2.18. The van der Waals surface area contributed by atoms with Crippen molar-refractivity contribution in [2.45, 2.75) is 304 Å². The van der Waals surface area contributed by atoms with Gasteiger partial charge in [-0.25, -0.2) is 0 Å². The Morgan fingerprint density at radius 3 is 0.950 bits per heavy atom. The lowest BCUT2D eigenvalue weighted by Crippen LogP contribution is -2.30. The van der Waals surface area contributed by atoms with E-state index in [1.807, 2.05) is 0 Å². The van der Waals surface area contributed by atoms with Crippen LogP contribution in [-0.4, -0.2) is 37.2 Å². The Labute approximate surface area is 374 Å². The number of hydrogen-bond acceptors (Lipinski definition) is 6. The maximum atomic E-state index is 12.8. The Morgan fingerprint density at radius 1 is 0.350 bits per heavy atom. The fourth-order valence-corrected chi connectivity index (χ4v) is 8.13. The molecular formula is C54H104O6. The summed E-state index contributed by atoms with van der Waals surface area (Å²) in [5.41, 5.74) is 0. The van der Waals surface area contributed by atoms with Crippen molar-refractivity contribution in [2.75, 3.05) is 13.2 Å². The minimum atomic E-state index is -0.762. The first-order valence-corrected chi connectivity index (χ1v) is 26.8. The van der Waals surface area contributed by atoms with Crippen LogP contribution in [0.25, 0.3) is 0 Å². The Balaban J connectivity index is 4.28. The summed E-state index contributed by atoms with van der Waals surface area (Å²) < 4.78 is 16.8. The van der Waals surface area contributed by atoms with Crippen LogP contribution in [-0.2, 0) is 28.6 Å². The maximum absolute atomic E-state index is 12.8. The summed E-state index contributed by atoms with van der Waals surface area (Å²) in [6.07, 6.45) is 48.1. The van der Waals surface area contributed by atoms with Crippen LogP contribution in [0.3, 0.4) is 0 Å². The molecule has 0 aliphatic rings. The van der Waals surface area contributed by atoms with E-state index in [-0.39, 0.29) is 31.1 Å². The number of unbranched alkanes of at least 4 members (excludes halogenated alkanes) is 32. The van der Waals surface area contributed by atoms with E-state index in [2.05, 4.69) is 34.6 Å². The molecule has 0 saturated heterocycles. The van der Waals surface area contributed by atoms with Gasteiger partial charge in [-0.3, -0.25) is 14.4 Å². The zero-order valence-electron chi connectivity index (χ0n) is 41.1. The van der Waals surface area contributed by atoms with Gasteiger partial charge in [-0.15, -0.1) is 0 Å². The molecule has 0 heterocycles. The molecular weight excluding hydrogens is 745 g/mol. The number of carbonyl (C=O) groups excluding carboxylic acids is 3. The van der Waals surface area contributed by atoms with Gasteiger partial charge in [0.1, 0.15) is 13.2 Å². The van der Waals surface area contributed by atoms with Crippen molar-refractivity contribution in [2.24, 2.45) is 11.8 Å². The Morgan fingerprint density at radius 2 is 0.633 bits per heavy atom. The first-order valence-electron chi connectivity index (χ1n) is 26.8. The second kappa shape index (κ2) is 46.9. The first-order chi connectivity index (χ1) is 29.3. The highest BCUT2D eigenvalue weighted by molar-refractivity contribution is 5.71. The third kappa shape index (κ3) is 45.9. The molecule has 0 aromatic carbocycles. The lowest BCUT2D eigenvalue weighted by molar-refractivity contribution is -0.167. The number of carbonyl (C=O) groups is 3. The molecule has 0 N–H and O–H groups in total. The summed E-state index contributed by atoms with van der Waals surface area (Å²) in [6.45, 7) is 11.4. The molecule has 1 unspecified atom stereocenters. The Hall–Kier alpha value is -1.59. The smallest absolute Gasteiger partial charge is 0.306 e. The SMILES string of the molecule is CCCCCCCCCCCCCCCCCCCCC(=O)O[C@H](COC(=O)CCCCCCCCCCCCC(C)CC)COC(=O)CCCCCCCCCC(C)C. The van der Waals surface area contributed by atoms with Crippen molar-refractivity contribution in [3.05, 3.63) is 0 Å². The van der Waals surface area contributed by atoms with Crippen LogP contribution in [0.4, 0.5) is 0 Å². The summed E-state index contributed by atoms with van der Waals surface area (Å²) in [5, 5.41) is 0. The summed E-state index contributed by atoms with van der Waals surface area (Å²) in [7, 11) is 0. The van der Waals surface area contributed by atoms with Crippen molar-refractivity contribution in [1.82, 2.24) is 0 Å². The van der Waals surface area contributed by atoms with Gasteiger partial charge in [0.25, 0.3) is 0 Å². The first kappa shape index (κ1) is 58.4. The minimum absolute atomic E-state index is 0.0643. The molecule has 6 heteroatoms. The molecule has 0 aromatic heterocycles. The van der Waals surface area contributed by atoms with Gasteiger partial charge < -0.3 is 14.2 Å². The van der Waals surface area contributed by atoms with Gasteiger partial charge in [-0.1, -0.05) is 259 Å². The van der Waals surface area contributed by atoms with Crippen molar-refractivity contribution < 1.29 is 28.6 Å². The molecule has 0 amide bonds. The van der Waals surface area contributed by atoms with Crippen LogP contribution in [0.2, 0.25) is 0 Å². The quantitative estimate of drug-likeness (QED) is 0.0345. The number of hydrogen-bond donors (Lipinski definition) is 0. The predicted molar refractivity (Wildman–Crippen MR) is 256 cm³/mol. The van der Waals surface area contributed by atoms with Crippen LogP contribution < -0.4 is 0 Å². The maximum Gasteiger partial charge on any atom is 0.306 e. The van der Waals surface area contributed by atoms with Gasteiger partial charge in [-0.05, 0) is 31.1 Å². The summed E-state index contributed by atoms with van der Waals surface area (Å²) in [4.78, 5) is 37.9. The van der Waals surface area contributed by atoms with Gasteiger partial charge in [0.05, 0.1) is 0 Å². The average Bonchev–Trinajstić information content (AvgIpc) is 3.23. The van der Waals surface area contributed by atoms with E-state index in [1.54, 1.807) is 0 Å². The molecule has 356 valence electrons. The highest BCUT2D eigenvalue weighted by Crippen LogP contribution is 2.18. The molecule has 0 rings (SSSR count). The van der Waals surface area contributed by atoms with E-state index >= 15 is 0 Å². The fourth-order valence-electron chi connectivity index (χ4n) is 8.13. The van der Waals surface area contributed by atoms with E-state index in [9.17, 15) is 14.4 Å². The van der Waals surface area contributed by atoms with Crippen LogP contribution in [0.1, 0.15) is 298 Å². The average molecular weight is 849 g/mol. The lowest BCUT2D eigenvalue weighted by atomic mass is 9.99. The molecule has 0 aliphatic carbocycles. The van der Waals surface area contributed by atoms with E-state index < -0.39 is 6.10 Å².